The fourth-order valence-corrected chi connectivity index (χ4v) is 3.88. The van der Waals surface area contributed by atoms with E-state index in [0.717, 1.165) is 18.0 Å². The van der Waals surface area contributed by atoms with Gasteiger partial charge in [-0.2, -0.15) is 9.97 Å². The van der Waals surface area contributed by atoms with Gasteiger partial charge in [0.15, 0.2) is 23.3 Å². The number of nitrogens with zero attached hydrogens (tertiary/aromatic N) is 4. The molecule has 0 aliphatic rings. The molecular formula is C23H24ClN5O8. The maximum atomic E-state index is 12.1. The molecule has 0 unspecified atom stereocenters. The van der Waals surface area contributed by atoms with Gasteiger partial charge in [-0.25, -0.2) is 14.6 Å². The predicted octanol–water partition coefficient (Wildman–Crippen LogP) is 0.489. The van der Waals surface area contributed by atoms with Crippen molar-refractivity contribution in [2.75, 3.05) is 19.5 Å². The second-order valence-electron chi connectivity index (χ2n) is 7.91. The Kier molecular flexibility index (Phi) is 8.32. The number of anilines is 1. The van der Waals surface area contributed by atoms with Crippen molar-refractivity contribution in [3.05, 3.63) is 47.5 Å². The Balaban J connectivity index is 2.00. The molecule has 0 fully saturated rings. The minimum absolute atomic E-state index is 0.0356. The van der Waals surface area contributed by atoms with Gasteiger partial charge in [0.2, 0.25) is 5.28 Å². The summed E-state index contributed by atoms with van der Waals surface area (Å²) in [5, 5.41) is 42.1. The number of nitrogens with two attached hydrogens (primary N) is 1. The Hall–Kier alpha value is -3.80. The topological polar surface area (TPSA) is 203 Å². The van der Waals surface area contributed by atoms with Crippen LogP contribution in [-0.4, -0.2) is 82.9 Å². The molecule has 6 N–H and O–H groups in total. The number of carboxylic acids is 2. The summed E-state index contributed by atoms with van der Waals surface area (Å²) in [6.07, 6.45) is -2.91. The van der Waals surface area contributed by atoms with Crippen LogP contribution in [0.25, 0.3) is 11.2 Å². The first-order chi connectivity index (χ1) is 17.5. The average Bonchev–Trinajstić information content (AvgIpc) is 3.27. The molecular weight excluding hydrogens is 510 g/mol. The molecule has 3 atom stereocenters. The van der Waals surface area contributed by atoms with Crippen molar-refractivity contribution in [3.8, 4) is 11.8 Å². The number of aliphatic hydroxyl groups excluding tert-OH is 1. The first kappa shape index (κ1) is 27.8. The van der Waals surface area contributed by atoms with E-state index in [1.54, 1.807) is 30.3 Å². The average molecular weight is 534 g/mol. The van der Waals surface area contributed by atoms with Crippen LogP contribution in [0.15, 0.2) is 36.7 Å². The van der Waals surface area contributed by atoms with Crippen molar-refractivity contribution in [1.29, 1.82) is 0 Å². The van der Waals surface area contributed by atoms with Gasteiger partial charge in [0.05, 0.1) is 12.9 Å². The van der Waals surface area contributed by atoms with E-state index in [1.165, 1.54) is 6.92 Å². The summed E-state index contributed by atoms with van der Waals surface area (Å²) in [4.78, 5) is 36.1. The van der Waals surface area contributed by atoms with Gasteiger partial charge in [-0.1, -0.05) is 36.3 Å². The summed E-state index contributed by atoms with van der Waals surface area (Å²) in [5.74, 6) is 1.29. The zero-order chi connectivity index (χ0) is 27.4. The summed E-state index contributed by atoms with van der Waals surface area (Å²) in [6.45, 7) is 0.581. The maximum Gasteiger partial charge on any atom is 0.348 e. The Morgan fingerprint density at radius 3 is 2.43 bits per heavy atom. The van der Waals surface area contributed by atoms with Gasteiger partial charge in [-0.05, 0) is 24.1 Å². The van der Waals surface area contributed by atoms with Gasteiger partial charge in [-0.15, -0.1) is 5.92 Å². The smallest absolute Gasteiger partial charge is 0.348 e. The molecule has 2 heterocycles. The van der Waals surface area contributed by atoms with Crippen LogP contribution < -0.4 is 5.73 Å². The third-order valence-corrected chi connectivity index (χ3v) is 5.82. The van der Waals surface area contributed by atoms with E-state index in [4.69, 9.17) is 26.8 Å². The van der Waals surface area contributed by atoms with Gasteiger partial charge in [0.25, 0.3) is 5.60 Å². The minimum atomic E-state index is -2.74. The molecule has 0 bridgehead atoms. The van der Waals surface area contributed by atoms with E-state index in [1.807, 2.05) is 0 Å². The number of imidazole rings is 1. The van der Waals surface area contributed by atoms with Crippen LogP contribution in [0.4, 0.5) is 5.82 Å². The van der Waals surface area contributed by atoms with E-state index in [2.05, 4.69) is 26.8 Å². The summed E-state index contributed by atoms with van der Waals surface area (Å²) < 4.78 is 11.8. The molecule has 0 aliphatic heterocycles. The van der Waals surface area contributed by atoms with Gasteiger partial charge in [-0.3, -0.25) is 4.57 Å². The van der Waals surface area contributed by atoms with E-state index in [0.29, 0.717) is 5.56 Å². The molecule has 0 spiro atoms. The number of rotatable bonds is 11. The highest BCUT2D eigenvalue weighted by molar-refractivity contribution is 6.28. The van der Waals surface area contributed by atoms with Gasteiger partial charge >= 0.3 is 11.9 Å². The van der Waals surface area contributed by atoms with Crippen LogP contribution in [0.5, 0.6) is 0 Å². The molecule has 0 radical (unpaired) electrons. The Bertz CT molecular complexity index is 1340. The molecule has 196 valence electrons. The van der Waals surface area contributed by atoms with Crippen molar-refractivity contribution in [2.24, 2.45) is 0 Å². The number of aliphatic carboxylic acids is 2. The lowest BCUT2D eigenvalue weighted by Gasteiger charge is -2.36. The first-order valence-corrected chi connectivity index (χ1v) is 11.0. The number of carboxylic acid groups (broad SMARTS) is 2. The van der Waals surface area contributed by atoms with E-state index in [9.17, 15) is 30.0 Å². The molecule has 13 nitrogen and oxygen atoms in total. The van der Waals surface area contributed by atoms with E-state index in [-0.39, 0.29) is 22.3 Å². The molecule has 0 saturated heterocycles. The monoisotopic (exact) mass is 533 g/mol. The second-order valence-corrected chi connectivity index (χ2v) is 8.25. The normalized spacial score (nSPS) is 14.8. The van der Waals surface area contributed by atoms with Crippen LogP contribution in [0, 0.1) is 11.8 Å². The Morgan fingerprint density at radius 1 is 1.22 bits per heavy atom. The standard InChI is InChI=1S/C23H24ClN5O8/c1-3-9-22(35,18(30)29-12-26-15-16(25)27-21(24)28-17(15)29)14(36-2)11-37-23(19(31)32,20(33)34)10-13-7-5-4-6-8-13/h4-8,12,14,18,30,35H,10-11H2,1-2H3,(H,31,32)(H,33,34)(H2,25,27,28)/t14-,18-,22-/m1/s1. The van der Waals surface area contributed by atoms with Gasteiger partial charge in [0, 0.05) is 13.5 Å². The first-order valence-electron chi connectivity index (χ1n) is 10.7. The quantitative estimate of drug-likeness (QED) is 0.130. The molecule has 0 aliphatic carbocycles. The number of aliphatic hydroxyl groups is 2. The third kappa shape index (κ3) is 5.33. The lowest BCUT2D eigenvalue weighted by Crippen LogP contribution is -2.56. The van der Waals surface area contributed by atoms with Crippen LogP contribution in [0.2, 0.25) is 5.28 Å². The number of nitrogen functional groups attached to an aromatic ring is 1. The number of ether oxygens (including phenoxy) is 2. The molecule has 3 aromatic rings. The Morgan fingerprint density at radius 2 is 1.86 bits per heavy atom. The number of hydrogen-bond acceptors (Lipinski definition) is 10. The minimum Gasteiger partial charge on any atom is -0.479 e. The lowest BCUT2D eigenvalue weighted by molar-refractivity contribution is -0.202. The highest BCUT2D eigenvalue weighted by atomic mass is 35.5. The largest absolute Gasteiger partial charge is 0.479 e. The zero-order valence-electron chi connectivity index (χ0n) is 19.7. The zero-order valence-corrected chi connectivity index (χ0v) is 20.5. The number of benzene rings is 1. The lowest BCUT2D eigenvalue weighted by atomic mass is 9.92. The third-order valence-electron chi connectivity index (χ3n) is 5.65. The molecule has 3 rings (SSSR count). The Labute approximate surface area is 215 Å². The van der Waals surface area contributed by atoms with Crippen molar-refractivity contribution in [2.45, 2.75) is 36.9 Å². The molecule has 2 aromatic heterocycles. The molecule has 37 heavy (non-hydrogen) atoms. The second kappa shape index (κ2) is 11.1. The summed E-state index contributed by atoms with van der Waals surface area (Å²) >= 11 is 5.88. The number of aromatic nitrogens is 4. The van der Waals surface area contributed by atoms with Crippen LogP contribution >= 0.6 is 11.6 Å². The molecule has 0 amide bonds. The van der Waals surface area contributed by atoms with Gasteiger partial charge in [0.1, 0.15) is 11.6 Å². The summed E-state index contributed by atoms with van der Waals surface area (Å²) in [5.41, 5.74) is 1.02. The number of halogens is 1. The maximum absolute atomic E-state index is 12.1. The molecule has 0 saturated carbocycles. The van der Waals surface area contributed by atoms with Crippen molar-refractivity contribution in [3.63, 3.8) is 0 Å². The SMILES string of the molecule is CC#C[C@@](O)([C@@H](COC(Cc1ccccc1)(C(=O)O)C(=O)O)OC)[C@@H](O)n1cnc2c(N)nc(Cl)nc21. The fourth-order valence-electron chi connectivity index (χ4n) is 3.71. The summed E-state index contributed by atoms with van der Waals surface area (Å²) in [6, 6.07) is 8.01. The van der Waals surface area contributed by atoms with Crippen molar-refractivity contribution >= 4 is 40.5 Å². The fraction of sp³-hybridized carbons (Fsp3) is 0.348. The van der Waals surface area contributed by atoms with E-state index < -0.39 is 48.5 Å². The molecule has 1 aromatic carbocycles. The van der Waals surface area contributed by atoms with Crippen molar-refractivity contribution in [1.82, 2.24) is 19.5 Å². The highest BCUT2D eigenvalue weighted by Crippen LogP contribution is 2.31. The predicted molar refractivity (Wildman–Crippen MR) is 129 cm³/mol. The van der Waals surface area contributed by atoms with Crippen LogP contribution in [0.1, 0.15) is 18.7 Å². The summed E-state index contributed by atoms with van der Waals surface area (Å²) in [7, 11) is 1.15. The van der Waals surface area contributed by atoms with E-state index >= 15 is 0 Å². The van der Waals surface area contributed by atoms with Crippen LogP contribution in [0.3, 0.4) is 0 Å². The number of methoxy groups -OCH3 is 1. The number of fused-ring (bicyclic) bond motifs is 1. The number of hydrogen-bond donors (Lipinski definition) is 5. The highest BCUT2D eigenvalue weighted by Gasteiger charge is 2.51. The van der Waals surface area contributed by atoms with Gasteiger partial charge < -0.3 is 35.6 Å². The molecule has 14 heteroatoms. The number of carbonyl (C=O) groups is 2. The van der Waals surface area contributed by atoms with Crippen LogP contribution in [-0.2, 0) is 25.5 Å². The van der Waals surface area contributed by atoms with Crippen molar-refractivity contribution < 1.29 is 39.5 Å².